The van der Waals surface area contributed by atoms with E-state index in [4.69, 9.17) is 8.83 Å². The van der Waals surface area contributed by atoms with Gasteiger partial charge >= 0.3 is 0 Å². The number of rotatable bonds is 3. The van der Waals surface area contributed by atoms with Crippen molar-refractivity contribution in [2.45, 2.75) is 0 Å². The van der Waals surface area contributed by atoms with E-state index in [1.807, 2.05) is 54.6 Å². The quantitative estimate of drug-likeness (QED) is 0.443. The Morgan fingerprint density at radius 2 is 1.72 bits per heavy atom. The average molecular weight is 326 g/mol. The summed E-state index contributed by atoms with van der Waals surface area (Å²) in [6.45, 7) is 0. The molecule has 0 aliphatic rings. The molecule has 0 fully saturated rings. The number of pyridine rings is 1. The highest BCUT2D eigenvalue weighted by atomic mass is 16.3. The van der Waals surface area contributed by atoms with Crippen LogP contribution >= 0.6 is 0 Å². The van der Waals surface area contributed by atoms with Gasteiger partial charge in [-0.1, -0.05) is 18.2 Å². The zero-order valence-corrected chi connectivity index (χ0v) is 13.3. The highest BCUT2D eigenvalue weighted by molar-refractivity contribution is 6.05. The minimum atomic E-state index is 0.754. The lowest BCUT2D eigenvalue weighted by Crippen LogP contribution is -1.93. The number of hydrogen-bond acceptors (Lipinski definition) is 4. The third-order valence-electron chi connectivity index (χ3n) is 4.22. The van der Waals surface area contributed by atoms with Crippen molar-refractivity contribution in [2.75, 3.05) is 5.32 Å². The van der Waals surface area contributed by atoms with Crippen LogP contribution in [0.25, 0.3) is 33.3 Å². The Hall–Kier alpha value is -3.53. The Bertz CT molecular complexity index is 1170. The normalized spacial score (nSPS) is 11.2. The lowest BCUT2D eigenvalue weighted by molar-refractivity contribution is 0.582. The first kappa shape index (κ1) is 13.9. The lowest BCUT2D eigenvalue weighted by atomic mass is 10.1. The maximum absolute atomic E-state index is 5.94. The summed E-state index contributed by atoms with van der Waals surface area (Å²) in [5.41, 5.74) is 3.66. The van der Waals surface area contributed by atoms with Crippen molar-refractivity contribution >= 4 is 33.4 Å². The van der Waals surface area contributed by atoms with E-state index in [1.54, 1.807) is 12.5 Å². The molecule has 0 saturated carbocycles. The summed E-state index contributed by atoms with van der Waals surface area (Å²) in [5, 5.41) is 5.57. The molecule has 3 aromatic heterocycles. The van der Waals surface area contributed by atoms with Crippen LogP contribution in [0.4, 0.5) is 11.5 Å². The molecule has 1 N–H and O–H groups in total. The fourth-order valence-electron chi connectivity index (χ4n) is 3.05. The molecule has 4 heteroatoms. The van der Waals surface area contributed by atoms with E-state index < -0.39 is 0 Å². The fourth-order valence-corrected chi connectivity index (χ4v) is 3.05. The van der Waals surface area contributed by atoms with Crippen LogP contribution in [0.1, 0.15) is 0 Å². The maximum Gasteiger partial charge on any atom is 0.137 e. The number of anilines is 2. The predicted octanol–water partition coefficient (Wildman–Crippen LogP) is 5.98. The molecule has 0 unspecified atom stereocenters. The van der Waals surface area contributed by atoms with Crippen molar-refractivity contribution in [3.8, 4) is 11.3 Å². The number of nitrogens with one attached hydrogen (secondary N) is 1. The van der Waals surface area contributed by atoms with E-state index in [2.05, 4.69) is 22.4 Å². The molecule has 0 amide bonds. The molecule has 0 bridgehead atoms. The second-order valence-electron chi connectivity index (χ2n) is 5.84. The van der Waals surface area contributed by atoms with Crippen LogP contribution in [0.5, 0.6) is 0 Å². The monoisotopic (exact) mass is 326 g/mol. The second-order valence-corrected chi connectivity index (χ2v) is 5.84. The highest BCUT2D eigenvalue weighted by Gasteiger charge is 2.08. The topological polar surface area (TPSA) is 51.2 Å². The minimum Gasteiger partial charge on any atom is -0.464 e. The van der Waals surface area contributed by atoms with Crippen LogP contribution < -0.4 is 5.32 Å². The molecule has 0 saturated heterocycles. The molecular weight excluding hydrogens is 312 g/mol. The number of aromatic nitrogens is 1. The zero-order chi connectivity index (χ0) is 16.6. The van der Waals surface area contributed by atoms with Gasteiger partial charge < -0.3 is 14.2 Å². The Kier molecular flexibility index (Phi) is 3.07. The van der Waals surface area contributed by atoms with E-state index in [-0.39, 0.29) is 0 Å². The molecule has 0 aliphatic carbocycles. The SMILES string of the molecule is c1coc(-c2ccnc(Nc3ccc4c(c3)oc3ccccc34)c2)c1. The maximum atomic E-state index is 5.94. The van der Waals surface area contributed by atoms with Gasteiger partial charge in [-0.05, 0) is 42.5 Å². The molecule has 0 radical (unpaired) electrons. The van der Waals surface area contributed by atoms with Gasteiger partial charge in [-0.3, -0.25) is 0 Å². The molecule has 0 atom stereocenters. The molecule has 120 valence electrons. The number of para-hydroxylation sites is 1. The third-order valence-corrected chi connectivity index (χ3v) is 4.22. The Morgan fingerprint density at radius 3 is 2.64 bits per heavy atom. The van der Waals surface area contributed by atoms with Crippen LogP contribution in [0.2, 0.25) is 0 Å². The third kappa shape index (κ3) is 2.44. The number of benzene rings is 2. The molecule has 2 aromatic carbocycles. The summed E-state index contributed by atoms with van der Waals surface area (Å²) in [5.74, 6) is 1.57. The summed E-state index contributed by atoms with van der Waals surface area (Å²) in [4.78, 5) is 4.38. The first-order chi connectivity index (χ1) is 12.4. The van der Waals surface area contributed by atoms with Gasteiger partial charge in [-0.2, -0.15) is 0 Å². The summed E-state index contributed by atoms with van der Waals surface area (Å²) in [7, 11) is 0. The lowest BCUT2D eigenvalue weighted by Gasteiger charge is -2.06. The number of furan rings is 2. The molecule has 0 aliphatic heterocycles. The summed E-state index contributed by atoms with van der Waals surface area (Å²) < 4.78 is 11.4. The summed E-state index contributed by atoms with van der Waals surface area (Å²) >= 11 is 0. The van der Waals surface area contributed by atoms with Gasteiger partial charge in [-0.25, -0.2) is 4.98 Å². The second kappa shape index (κ2) is 5.53. The molecular formula is C21H14N2O2. The van der Waals surface area contributed by atoms with Gasteiger partial charge in [0.15, 0.2) is 0 Å². The van der Waals surface area contributed by atoms with E-state index in [0.29, 0.717) is 0 Å². The van der Waals surface area contributed by atoms with E-state index >= 15 is 0 Å². The fraction of sp³-hybridized carbons (Fsp3) is 0. The van der Waals surface area contributed by atoms with Gasteiger partial charge in [0, 0.05) is 34.3 Å². The van der Waals surface area contributed by atoms with Crippen molar-refractivity contribution in [3.63, 3.8) is 0 Å². The van der Waals surface area contributed by atoms with Crippen LogP contribution in [0, 0.1) is 0 Å². The first-order valence-corrected chi connectivity index (χ1v) is 8.05. The molecule has 5 aromatic rings. The van der Waals surface area contributed by atoms with Crippen LogP contribution in [-0.4, -0.2) is 4.98 Å². The molecule has 3 heterocycles. The summed E-state index contributed by atoms with van der Waals surface area (Å²) in [6.07, 6.45) is 3.43. The number of hydrogen-bond donors (Lipinski definition) is 1. The van der Waals surface area contributed by atoms with Crippen LogP contribution in [0.15, 0.2) is 88.0 Å². The van der Waals surface area contributed by atoms with Crippen molar-refractivity contribution < 1.29 is 8.83 Å². The van der Waals surface area contributed by atoms with Gasteiger partial charge in [0.2, 0.25) is 0 Å². The predicted molar refractivity (Wildman–Crippen MR) is 98.9 cm³/mol. The van der Waals surface area contributed by atoms with Crippen LogP contribution in [-0.2, 0) is 0 Å². The summed E-state index contributed by atoms with van der Waals surface area (Å²) in [6, 6.07) is 21.8. The van der Waals surface area contributed by atoms with Crippen molar-refractivity contribution in [3.05, 3.63) is 79.2 Å². The van der Waals surface area contributed by atoms with E-state index in [1.165, 1.54) is 0 Å². The van der Waals surface area contributed by atoms with Crippen molar-refractivity contribution in [1.82, 2.24) is 4.98 Å². The molecule has 0 spiro atoms. The van der Waals surface area contributed by atoms with Crippen LogP contribution in [0.3, 0.4) is 0 Å². The van der Waals surface area contributed by atoms with Crippen molar-refractivity contribution in [2.24, 2.45) is 0 Å². The van der Waals surface area contributed by atoms with Gasteiger partial charge in [0.05, 0.1) is 6.26 Å². The average Bonchev–Trinajstić information content (AvgIpc) is 3.29. The minimum absolute atomic E-state index is 0.754. The number of nitrogens with zero attached hydrogens (tertiary/aromatic N) is 1. The highest BCUT2D eigenvalue weighted by Crippen LogP contribution is 2.31. The first-order valence-electron chi connectivity index (χ1n) is 8.05. The van der Waals surface area contributed by atoms with Crippen molar-refractivity contribution in [1.29, 1.82) is 0 Å². The number of fused-ring (bicyclic) bond motifs is 3. The molecule has 25 heavy (non-hydrogen) atoms. The zero-order valence-electron chi connectivity index (χ0n) is 13.3. The van der Waals surface area contributed by atoms with E-state index in [0.717, 1.165) is 44.8 Å². The Labute approximate surface area is 143 Å². The standard InChI is InChI=1S/C21H14N2O2/c1-2-5-19-16(4-1)17-8-7-15(13-20(17)25-19)23-21-12-14(9-10-22-21)18-6-3-11-24-18/h1-13H,(H,22,23). The van der Waals surface area contributed by atoms with Gasteiger partial charge in [-0.15, -0.1) is 0 Å². The largest absolute Gasteiger partial charge is 0.464 e. The smallest absolute Gasteiger partial charge is 0.137 e. The molecule has 5 rings (SSSR count). The Balaban J connectivity index is 1.51. The Morgan fingerprint density at radius 1 is 0.800 bits per heavy atom. The van der Waals surface area contributed by atoms with E-state index in [9.17, 15) is 0 Å². The molecule has 4 nitrogen and oxygen atoms in total. The van der Waals surface area contributed by atoms with Gasteiger partial charge in [0.25, 0.3) is 0 Å². The van der Waals surface area contributed by atoms with Gasteiger partial charge in [0.1, 0.15) is 22.7 Å².